The molecule has 0 aliphatic carbocycles. The second kappa shape index (κ2) is 5.25. The fourth-order valence-electron chi connectivity index (χ4n) is 2.75. The quantitative estimate of drug-likeness (QED) is 0.926. The van der Waals surface area contributed by atoms with Crippen LogP contribution in [-0.4, -0.2) is 20.9 Å². The molecule has 2 atom stereocenters. The SMILES string of the molecule is CCCC1=Nc2[nH]ncc2C(c2ccncc2)C1C#N. The molecule has 0 amide bonds. The molecular weight excluding hydrogens is 250 g/mol. The summed E-state index contributed by atoms with van der Waals surface area (Å²) >= 11 is 0. The number of hydrogen-bond acceptors (Lipinski definition) is 4. The van der Waals surface area contributed by atoms with E-state index in [2.05, 4.69) is 33.2 Å². The van der Waals surface area contributed by atoms with E-state index < -0.39 is 0 Å². The van der Waals surface area contributed by atoms with E-state index in [1.54, 1.807) is 18.6 Å². The molecule has 20 heavy (non-hydrogen) atoms. The minimum absolute atomic E-state index is 0.0178. The number of fused-ring (bicyclic) bond motifs is 1. The Morgan fingerprint density at radius 1 is 1.35 bits per heavy atom. The predicted octanol–water partition coefficient (Wildman–Crippen LogP) is 2.96. The second-order valence-corrected chi connectivity index (χ2v) is 4.89. The third-order valence-electron chi connectivity index (χ3n) is 3.64. The van der Waals surface area contributed by atoms with Crippen molar-refractivity contribution >= 4 is 11.5 Å². The highest BCUT2D eigenvalue weighted by Gasteiger charge is 2.35. The molecule has 1 aliphatic heterocycles. The van der Waals surface area contributed by atoms with Gasteiger partial charge in [0.05, 0.1) is 18.2 Å². The van der Waals surface area contributed by atoms with Crippen LogP contribution in [0.15, 0.2) is 35.7 Å². The highest BCUT2D eigenvalue weighted by molar-refractivity contribution is 5.94. The Morgan fingerprint density at radius 2 is 2.15 bits per heavy atom. The van der Waals surface area contributed by atoms with Crippen molar-refractivity contribution in [3.8, 4) is 6.07 Å². The van der Waals surface area contributed by atoms with Crippen LogP contribution in [-0.2, 0) is 0 Å². The van der Waals surface area contributed by atoms with E-state index in [1.807, 2.05) is 12.1 Å². The van der Waals surface area contributed by atoms with E-state index in [1.165, 1.54) is 0 Å². The lowest BCUT2D eigenvalue weighted by atomic mass is 9.77. The molecular formula is C15H15N5. The molecule has 100 valence electrons. The normalized spacial score (nSPS) is 20.9. The topological polar surface area (TPSA) is 77.7 Å². The zero-order valence-electron chi connectivity index (χ0n) is 11.2. The Hall–Kier alpha value is -2.48. The van der Waals surface area contributed by atoms with Crippen LogP contribution >= 0.6 is 0 Å². The number of aromatic amines is 1. The van der Waals surface area contributed by atoms with Crippen LogP contribution < -0.4 is 0 Å². The third-order valence-corrected chi connectivity index (χ3v) is 3.64. The van der Waals surface area contributed by atoms with Gasteiger partial charge in [-0.2, -0.15) is 10.4 Å². The molecule has 1 aliphatic rings. The van der Waals surface area contributed by atoms with Crippen LogP contribution in [0.4, 0.5) is 5.82 Å². The molecule has 1 N–H and O–H groups in total. The highest BCUT2D eigenvalue weighted by Crippen LogP contribution is 2.41. The number of hydrogen-bond donors (Lipinski definition) is 1. The lowest BCUT2D eigenvalue weighted by Gasteiger charge is -2.27. The molecule has 0 radical (unpaired) electrons. The minimum atomic E-state index is -0.234. The number of nitrogens with zero attached hydrogens (tertiary/aromatic N) is 4. The zero-order valence-corrected chi connectivity index (χ0v) is 11.2. The van der Waals surface area contributed by atoms with E-state index in [9.17, 15) is 5.26 Å². The largest absolute Gasteiger partial charge is 0.265 e. The summed E-state index contributed by atoms with van der Waals surface area (Å²) in [5.74, 6) is 0.528. The van der Waals surface area contributed by atoms with Crippen molar-refractivity contribution in [3.63, 3.8) is 0 Å². The average molecular weight is 265 g/mol. The third kappa shape index (κ3) is 1.99. The molecule has 3 rings (SSSR count). The summed E-state index contributed by atoms with van der Waals surface area (Å²) in [6, 6.07) is 6.34. The Balaban J connectivity index is 2.13. The monoisotopic (exact) mass is 265 g/mol. The maximum Gasteiger partial charge on any atom is 0.151 e. The van der Waals surface area contributed by atoms with Gasteiger partial charge in [0.2, 0.25) is 0 Å². The van der Waals surface area contributed by atoms with Crippen molar-refractivity contribution in [2.75, 3.05) is 0 Å². The van der Waals surface area contributed by atoms with Crippen molar-refractivity contribution in [1.82, 2.24) is 15.2 Å². The minimum Gasteiger partial charge on any atom is -0.265 e. The van der Waals surface area contributed by atoms with Crippen molar-refractivity contribution in [3.05, 3.63) is 41.9 Å². The fraction of sp³-hybridized carbons (Fsp3) is 0.333. The molecule has 2 aromatic rings. The van der Waals surface area contributed by atoms with Gasteiger partial charge in [-0.25, -0.2) is 4.99 Å². The van der Waals surface area contributed by atoms with Crippen LogP contribution in [0.3, 0.4) is 0 Å². The summed E-state index contributed by atoms with van der Waals surface area (Å²) in [5, 5.41) is 16.6. The van der Waals surface area contributed by atoms with Crippen molar-refractivity contribution in [2.24, 2.45) is 10.9 Å². The number of H-pyrrole nitrogens is 1. The number of rotatable bonds is 3. The molecule has 0 saturated carbocycles. The Kier molecular flexibility index (Phi) is 3.30. The summed E-state index contributed by atoms with van der Waals surface area (Å²) in [4.78, 5) is 8.64. The molecule has 5 heteroatoms. The first-order valence-corrected chi connectivity index (χ1v) is 6.75. The lowest BCUT2D eigenvalue weighted by Crippen LogP contribution is -2.25. The first-order chi connectivity index (χ1) is 9.85. The van der Waals surface area contributed by atoms with Gasteiger partial charge in [-0.15, -0.1) is 0 Å². The van der Waals surface area contributed by atoms with E-state index in [0.717, 1.165) is 35.5 Å². The Bertz CT molecular complexity index is 665. The van der Waals surface area contributed by atoms with E-state index >= 15 is 0 Å². The summed E-state index contributed by atoms with van der Waals surface area (Å²) in [6.45, 7) is 2.10. The van der Waals surface area contributed by atoms with E-state index in [0.29, 0.717) is 0 Å². The first kappa shape index (κ1) is 12.5. The van der Waals surface area contributed by atoms with Crippen LogP contribution in [0.1, 0.15) is 36.8 Å². The predicted molar refractivity (Wildman–Crippen MR) is 75.8 cm³/mol. The Labute approximate surface area is 117 Å². The number of nitriles is 1. The van der Waals surface area contributed by atoms with Crippen LogP contribution in [0, 0.1) is 17.2 Å². The summed E-state index contributed by atoms with van der Waals surface area (Å²) in [5.41, 5.74) is 3.01. The van der Waals surface area contributed by atoms with Gasteiger partial charge in [0.1, 0.15) is 0 Å². The molecule has 3 heterocycles. The number of aromatic nitrogens is 3. The molecule has 0 bridgehead atoms. The van der Waals surface area contributed by atoms with Gasteiger partial charge in [-0.1, -0.05) is 13.3 Å². The standard InChI is InChI=1S/C15H15N5/c1-2-3-13-11(8-16)14(10-4-6-17-7-5-10)12-9-18-20-15(12)19-13/h4-7,9,11,14H,2-3H2,1H3,(H,18,20). The van der Waals surface area contributed by atoms with E-state index in [4.69, 9.17) is 0 Å². The van der Waals surface area contributed by atoms with Gasteiger partial charge in [0, 0.05) is 29.6 Å². The van der Waals surface area contributed by atoms with Gasteiger partial charge in [-0.05, 0) is 24.1 Å². The van der Waals surface area contributed by atoms with Crippen LogP contribution in [0.2, 0.25) is 0 Å². The van der Waals surface area contributed by atoms with Crippen molar-refractivity contribution in [1.29, 1.82) is 5.26 Å². The molecule has 0 aromatic carbocycles. The second-order valence-electron chi connectivity index (χ2n) is 4.89. The number of aliphatic imine (C=N–C) groups is 1. The fourth-order valence-corrected chi connectivity index (χ4v) is 2.75. The number of pyridine rings is 1. The summed E-state index contributed by atoms with van der Waals surface area (Å²) in [7, 11) is 0. The van der Waals surface area contributed by atoms with Gasteiger partial charge in [-0.3, -0.25) is 10.1 Å². The Morgan fingerprint density at radius 3 is 2.85 bits per heavy atom. The van der Waals surface area contributed by atoms with Gasteiger partial charge in [0.15, 0.2) is 5.82 Å². The lowest BCUT2D eigenvalue weighted by molar-refractivity contribution is 0.698. The average Bonchev–Trinajstić information content (AvgIpc) is 2.95. The molecule has 5 nitrogen and oxygen atoms in total. The van der Waals surface area contributed by atoms with Crippen LogP contribution in [0.5, 0.6) is 0 Å². The maximum atomic E-state index is 9.61. The molecule has 0 saturated heterocycles. The molecule has 2 unspecified atom stereocenters. The van der Waals surface area contributed by atoms with Crippen molar-refractivity contribution < 1.29 is 0 Å². The first-order valence-electron chi connectivity index (χ1n) is 6.75. The molecule has 2 aromatic heterocycles. The molecule has 0 fully saturated rings. The van der Waals surface area contributed by atoms with Gasteiger partial charge < -0.3 is 0 Å². The van der Waals surface area contributed by atoms with Gasteiger partial charge >= 0.3 is 0 Å². The number of nitrogens with one attached hydrogen (secondary N) is 1. The van der Waals surface area contributed by atoms with Crippen LogP contribution in [0.25, 0.3) is 0 Å². The summed E-state index contributed by atoms with van der Waals surface area (Å²) in [6.07, 6.45) is 7.10. The zero-order chi connectivity index (χ0) is 13.9. The maximum absolute atomic E-state index is 9.61. The van der Waals surface area contributed by atoms with Crippen molar-refractivity contribution in [2.45, 2.75) is 25.7 Å². The van der Waals surface area contributed by atoms with E-state index in [-0.39, 0.29) is 11.8 Å². The van der Waals surface area contributed by atoms with Gasteiger partial charge in [0.25, 0.3) is 0 Å². The highest BCUT2D eigenvalue weighted by atomic mass is 15.2. The smallest absolute Gasteiger partial charge is 0.151 e. The summed E-state index contributed by atoms with van der Waals surface area (Å²) < 4.78 is 0. The molecule has 0 spiro atoms.